The Hall–Kier alpha value is -2.01. The molecule has 2 saturated carbocycles. The van der Waals surface area contributed by atoms with Crippen molar-refractivity contribution in [1.82, 2.24) is 9.97 Å². The number of rotatable bonds is 6. The zero-order valence-corrected chi connectivity index (χ0v) is 21.7. The second kappa shape index (κ2) is 8.64. The molecule has 0 spiro atoms. The maximum atomic E-state index is 7.37. The van der Waals surface area contributed by atoms with Gasteiger partial charge in [-0.15, -0.1) is 0 Å². The minimum Gasteiger partial charge on any atom is -0.404 e. The molecule has 2 aliphatic carbocycles. The Morgan fingerprint density at radius 1 is 0.909 bits per heavy atom. The van der Waals surface area contributed by atoms with Gasteiger partial charge in [0.2, 0.25) is 0 Å². The lowest BCUT2D eigenvalue weighted by molar-refractivity contribution is 0.177. The summed E-state index contributed by atoms with van der Waals surface area (Å²) in [6, 6.07) is 23.9. The zero-order chi connectivity index (χ0) is 23.2. The molecule has 3 aromatic rings. The van der Waals surface area contributed by atoms with Crippen molar-refractivity contribution in [3.05, 3.63) is 83.4 Å². The van der Waals surface area contributed by atoms with Crippen LogP contribution in [0.2, 0.25) is 10.2 Å². The molecule has 2 aromatic carbocycles. The standard InChI is InChI=1S/C28H33ClN2OSi/c1-5-26-30-24(18-25(29)31-26)27-22-16-19(17-23(22)27)32-33(28(2,3)4,20-12-8-6-9-13-20)21-14-10-7-11-15-21/h6-15,18-19,22-23,27H,5,16-17H2,1-4H3/t19?,22-,23+,27+. The van der Waals surface area contributed by atoms with E-state index in [1.807, 2.05) is 6.07 Å². The lowest BCUT2D eigenvalue weighted by atomic mass is 10.1. The van der Waals surface area contributed by atoms with Crippen LogP contribution in [0.4, 0.5) is 0 Å². The highest BCUT2D eigenvalue weighted by molar-refractivity contribution is 6.99. The minimum atomic E-state index is -2.50. The number of halogens is 1. The van der Waals surface area contributed by atoms with Gasteiger partial charge in [0.05, 0.1) is 0 Å². The largest absolute Gasteiger partial charge is 0.404 e. The van der Waals surface area contributed by atoms with Crippen molar-refractivity contribution in [2.75, 3.05) is 0 Å². The predicted octanol–water partition coefficient (Wildman–Crippen LogP) is 5.76. The average molecular weight is 477 g/mol. The van der Waals surface area contributed by atoms with Crippen molar-refractivity contribution >= 4 is 30.3 Å². The van der Waals surface area contributed by atoms with E-state index in [-0.39, 0.29) is 11.1 Å². The number of hydrogen-bond acceptors (Lipinski definition) is 3. The van der Waals surface area contributed by atoms with Crippen molar-refractivity contribution in [2.24, 2.45) is 11.8 Å². The van der Waals surface area contributed by atoms with E-state index in [0.29, 0.717) is 22.9 Å². The quantitative estimate of drug-likeness (QED) is 0.335. The fraction of sp³-hybridized carbons (Fsp3) is 0.429. The van der Waals surface area contributed by atoms with Crippen LogP contribution in [0.3, 0.4) is 0 Å². The molecule has 1 heterocycles. The summed E-state index contributed by atoms with van der Waals surface area (Å²) >= 11 is 6.29. The molecule has 0 bridgehead atoms. The van der Waals surface area contributed by atoms with Crippen molar-refractivity contribution in [3.63, 3.8) is 0 Å². The molecule has 0 radical (unpaired) electrons. The third kappa shape index (κ3) is 4.07. The summed E-state index contributed by atoms with van der Waals surface area (Å²) in [5, 5.41) is 3.30. The van der Waals surface area contributed by atoms with Gasteiger partial charge in [0, 0.05) is 24.1 Å². The molecule has 33 heavy (non-hydrogen) atoms. The van der Waals surface area contributed by atoms with Gasteiger partial charge in [-0.1, -0.05) is 100.0 Å². The van der Waals surface area contributed by atoms with Crippen molar-refractivity contribution in [3.8, 4) is 0 Å². The number of aryl methyl sites for hydroxylation is 1. The number of hydrogen-bond donors (Lipinski definition) is 0. The number of benzene rings is 2. The van der Waals surface area contributed by atoms with Crippen LogP contribution < -0.4 is 10.4 Å². The van der Waals surface area contributed by atoms with Gasteiger partial charge in [-0.2, -0.15) is 0 Å². The van der Waals surface area contributed by atoms with Gasteiger partial charge in [-0.25, -0.2) is 9.97 Å². The van der Waals surface area contributed by atoms with E-state index in [9.17, 15) is 0 Å². The van der Waals surface area contributed by atoms with Crippen LogP contribution in [0, 0.1) is 11.8 Å². The first-order valence-corrected chi connectivity index (χ1v) is 14.4. The lowest BCUT2D eigenvalue weighted by Gasteiger charge is -2.45. The summed E-state index contributed by atoms with van der Waals surface area (Å²) in [7, 11) is -2.50. The maximum absolute atomic E-state index is 7.37. The van der Waals surface area contributed by atoms with Crippen LogP contribution in [-0.2, 0) is 10.8 Å². The first-order valence-electron chi connectivity index (χ1n) is 12.2. The highest BCUT2D eigenvalue weighted by Crippen LogP contribution is 2.63. The van der Waals surface area contributed by atoms with E-state index in [1.165, 1.54) is 10.4 Å². The van der Waals surface area contributed by atoms with Gasteiger partial charge in [-0.05, 0) is 46.2 Å². The van der Waals surface area contributed by atoms with Crippen LogP contribution in [0.25, 0.3) is 0 Å². The van der Waals surface area contributed by atoms with E-state index in [0.717, 1.165) is 30.8 Å². The molecule has 1 unspecified atom stereocenters. The SMILES string of the molecule is CCc1nc(Cl)cc([C@H]2[C@@H]3CC(O[Si](c4ccccc4)(c4ccccc4)C(C)(C)C)C[C@@H]32)n1. The normalized spacial score (nSPS) is 24.5. The summed E-state index contributed by atoms with van der Waals surface area (Å²) in [5.74, 6) is 2.64. The Bertz CT molecular complexity index is 1060. The highest BCUT2D eigenvalue weighted by atomic mass is 35.5. The molecule has 5 heteroatoms. The first kappa shape index (κ1) is 22.8. The second-order valence-electron chi connectivity index (χ2n) is 10.6. The van der Waals surface area contributed by atoms with Gasteiger partial charge < -0.3 is 4.43 Å². The third-order valence-corrected chi connectivity index (χ3v) is 12.9. The van der Waals surface area contributed by atoms with E-state index < -0.39 is 8.32 Å². The van der Waals surface area contributed by atoms with Crippen LogP contribution in [0.15, 0.2) is 66.7 Å². The van der Waals surface area contributed by atoms with E-state index in [4.69, 9.17) is 21.0 Å². The molecule has 2 fully saturated rings. The topological polar surface area (TPSA) is 35.0 Å². The molecule has 4 atom stereocenters. The van der Waals surface area contributed by atoms with Gasteiger partial charge in [0.1, 0.15) is 11.0 Å². The molecule has 5 rings (SSSR count). The summed E-state index contributed by atoms with van der Waals surface area (Å²) in [5.41, 5.74) is 1.13. The highest BCUT2D eigenvalue weighted by Gasteiger charge is 2.60. The fourth-order valence-corrected chi connectivity index (χ4v) is 11.0. The average Bonchev–Trinajstić information content (AvgIpc) is 3.32. The predicted molar refractivity (Wildman–Crippen MR) is 138 cm³/mol. The summed E-state index contributed by atoms with van der Waals surface area (Å²) in [4.78, 5) is 9.15. The smallest absolute Gasteiger partial charge is 0.261 e. The Balaban J connectivity index is 1.43. The molecule has 0 amide bonds. The van der Waals surface area contributed by atoms with Gasteiger partial charge in [0.15, 0.2) is 0 Å². The molecule has 0 saturated heterocycles. The lowest BCUT2D eigenvalue weighted by Crippen LogP contribution is -2.67. The van der Waals surface area contributed by atoms with Crippen LogP contribution in [0.1, 0.15) is 58.0 Å². The monoisotopic (exact) mass is 476 g/mol. The Morgan fingerprint density at radius 3 is 1.94 bits per heavy atom. The summed E-state index contributed by atoms with van der Waals surface area (Å²) in [6.07, 6.45) is 3.30. The summed E-state index contributed by atoms with van der Waals surface area (Å²) in [6.45, 7) is 9.14. The molecule has 3 nitrogen and oxygen atoms in total. The second-order valence-corrected chi connectivity index (χ2v) is 15.3. The summed E-state index contributed by atoms with van der Waals surface area (Å²) < 4.78 is 7.37. The van der Waals surface area contributed by atoms with E-state index in [1.54, 1.807) is 0 Å². The molecule has 172 valence electrons. The van der Waals surface area contributed by atoms with Crippen LogP contribution in [0.5, 0.6) is 0 Å². The van der Waals surface area contributed by atoms with Gasteiger partial charge in [-0.3, -0.25) is 0 Å². The van der Waals surface area contributed by atoms with Crippen LogP contribution in [-0.4, -0.2) is 24.4 Å². The van der Waals surface area contributed by atoms with Crippen molar-refractivity contribution in [2.45, 2.75) is 64.0 Å². The molecule has 2 aliphatic rings. The molecular formula is C28H33ClN2OSi. The first-order chi connectivity index (χ1) is 15.8. The third-order valence-electron chi connectivity index (χ3n) is 7.58. The van der Waals surface area contributed by atoms with E-state index in [2.05, 4.69) is 93.3 Å². The van der Waals surface area contributed by atoms with Gasteiger partial charge >= 0.3 is 0 Å². The van der Waals surface area contributed by atoms with Crippen molar-refractivity contribution < 1.29 is 4.43 Å². The zero-order valence-electron chi connectivity index (χ0n) is 20.0. The maximum Gasteiger partial charge on any atom is 0.261 e. The Kier molecular flexibility index (Phi) is 5.96. The van der Waals surface area contributed by atoms with E-state index >= 15 is 0 Å². The van der Waals surface area contributed by atoms with Crippen LogP contribution >= 0.6 is 11.6 Å². The Morgan fingerprint density at radius 2 is 1.45 bits per heavy atom. The van der Waals surface area contributed by atoms with Crippen molar-refractivity contribution in [1.29, 1.82) is 0 Å². The number of aromatic nitrogens is 2. The Labute approximate surface area is 203 Å². The molecule has 1 aromatic heterocycles. The minimum absolute atomic E-state index is 0.0120. The molecular weight excluding hydrogens is 444 g/mol. The fourth-order valence-electron chi connectivity index (χ4n) is 6.08. The molecule has 0 aliphatic heterocycles. The number of fused-ring (bicyclic) bond motifs is 1. The van der Waals surface area contributed by atoms with Gasteiger partial charge in [0.25, 0.3) is 8.32 Å². The molecule has 0 N–H and O–H groups in total. The number of nitrogens with zero attached hydrogens (tertiary/aromatic N) is 2.